The summed E-state index contributed by atoms with van der Waals surface area (Å²) in [7, 11) is 0. The number of nitrogens with one attached hydrogen (secondary N) is 1. The number of esters is 1. The van der Waals surface area contributed by atoms with Crippen molar-refractivity contribution >= 4 is 23.7 Å². The van der Waals surface area contributed by atoms with Gasteiger partial charge in [0.15, 0.2) is 0 Å². The average molecular weight is 361 g/mol. The van der Waals surface area contributed by atoms with Gasteiger partial charge in [0.25, 0.3) is 0 Å². The van der Waals surface area contributed by atoms with Gasteiger partial charge in [0.05, 0.1) is 12.2 Å². The molecule has 1 saturated heterocycles. The molecule has 0 aliphatic carbocycles. The maximum absolute atomic E-state index is 12.0. The highest BCUT2D eigenvalue weighted by molar-refractivity contribution is 7.99. The number of rotatable bonds is 6. The van der Waals surface area contributed by atoms with Crippen LogP contribution in [0.1, 0.15) is 34.8 Å². The van der Waals surface area contributed by atoms with Gasteiger partial charge in [-0.25, -0.2) is 4.79 Å². The van der Waals surface area contributed by atoms with Crippen LogP contribution in [0.2, 0.25) is 0 Å². The van der Waals surface area contributed by atoms with Crippen molar-refractivity contribution in [3.8, 4) is 11.3 Å². The van der Waals surface area contributed by atoms with Gasteiger partial charge >= 0.3 is 11.9 Å². The topological polar surface area (TPSA) is 88.8 Å². The lowest BCUT2D eigenvalue weighted by Gasteiger charge is -2.08. The molecular weight excluding hydrogens is 342 g/mol. The zero-order chi connectivity index (χ0) is 17.8. The van der Waals surface area contributed by atoms with Crippen molar-refractivity contribution < 1.29 is 23.8 Å². The van der Waals surface area contributed by atoms with E-state index in [1.54, 1.807) is 18.2 Å². The van der Waals surface area contributed by atoms with Crippen molar-refractivity contribution in [3.63, 3.8) is 0 Å². The molecular formula is C18H19NO5S. The van der Waals surface area contributed by atoms with Crippen LogP contribution in [0.4, 0.5) is 0 Å². The molecule has 0 radical (unpaired) electrons. The molecule has 1 aliphatic heterocycles. The van der Waals surface area contributed by atoms with Crippen LogP contribution in [-0.2, 0) is 9.53 Å². The zero-order valence-corrected chi connectivity index (χ0v) is 14.5. The predicted octanol–water partition coefficient (Wildman–Crippen LogP) is 3.30. The molecule has 1 fully saturated rings. The minimum absolute atomic E-state index is 0.187. The average Bonchev–Trinajstić information content (AvgIpc) is 3.28. The van der Waals surface area contributed by atoms with Gasteiger partial charge in [-0.1, -0.05) is 19.1 Å². The molecule has 3 rings (SSSR count). The van der Waals surface area contributed by atoms with Gasteiger partial charge in [-0.15, -0.1) is 11.8 Å². The van der Waals surface area contributed by atoms with E-state index in [1.165, 1.54) is 11.8 Å². The monoisotopic (exact) mass is 361 g/mol. The van der Waals surface area contributed by atoms with Crippen LogP contribution in [0, 0.1) is 0 Å². The second kappa shape index (κ2) is 7.76. The number of hydrogen-bond acceptors (Lipinski definition) is 6. The predicted molar refractivity (Wildman–Crippen MR) is 94.5 cm³/mol. The summed E-state index contributed by atoms with van der Waals surface area (Å²) in [6.45, 7) is 2.33. The lowest BCUT2D eigenvalue weighted by Crippen LogP contribution is -2.33. The van der Waals surface area contributed by atoms with Gasteiger partial charge in [0.1, 0.15) is 22.9 Å². The van der Waals surface area contributed by atoms with Crippen molar-refractivity contribution in [1.82, 2.24) is 5.32 Å². The smallest absolute Gasteiger partial charge is 0.338 e. The van der Waals surface area contributed by atoms with Gasteiger partial charge in [0, 0.05) is 11.3 Å². The third-order valence-corrected chi connectivity index (χ3v) is 5.01. The molecule has 0 spiro atoms. The molecule has 2 atom stereocenters. The van der Waals surface area contributed by atoms with Gasteiger partial charge in [-0.2, -0.15) is 0 Å². The highest BCUT2D eigenvalue weighted by Crippen LogP contribution is 2.35. The van der Waals surface area contributed by atoms with Crippen molar-refractivity contribution in [2.45, 2.75) is 24.8 Å². The Morgan fingerprint density at radius 3 is 2.92 bits per heavy atom. The largest absolute Gasteiger partial charge is 0.480 e. The third-order valence-electron chi connectivity index (χ3n) is 3.79. The molecule has 2 aromatic rings. The van der Waals surface area contributed by atoms with Gasteiger partial charge in [-0.05, 0) is 30.7 Å². The number of ether oxygens (including phenoxy) is 1. The lowest BCUT2D eigenvalue weighted by molar-refractivity contribution is -0.138. The summed E-state index contributed by atoms with van der Waals surface area (Å²) in [6, 6.07) is 10.2. The summed E-state index contributed by atoms with van der Waals surface area (Å²) in [4.78, 5) is 23.0. The number of furan rings is 1. The Hall–Kier alpha value is -2.25. The molecule has 1 aromatic carbocycles. The Balaban J connectivity index is 1.74. The fraction of sp³-hybridized carbons (Fsp3) is 0.333. The van der Waals surface area contributed by atoms with E-state index >= 15 is 0 Å². The number of benzene rings is 1. The van der Waals surface area contributed by atoms with Crippen molar-refractivity contribution in [2.24, 2.45) is 0 Å². The Bertz CT molecular complexity index is 772. The van der Waals surface area contributed by atoms with E-state index in [0.717, 1.165) is 12.0 Å². The summed E-state index contributed by atoms with van der Waals surface area (Å²) in [5.74, 6) is 0.575. The van der Waals surface area contributed by atoms with Crippen molar-refractivity contribution in [1.29, 1.82) is 0 Å². The Morgan fingerprint density at radius 1 is 1.36 bits per heavy atom. The van der Waals surface area contributed by atoms with Crippen LogP contribution in [0.15, 0.2) is 40.8 Å². The number of hydrogen-bond donors (Lipinski definition) is 2. The SMILES string of the molecule is CCCOC(=O)c1cccc(-c2ccc(C3NC(C(=O)O)CS3)o2)c1. The van der Waals surface area contributed by atoms with Gasteiger partial charge in [-0.3, -0.25) is 10.1 Å². The minimum atomic E-state index is -0.861. The molecule has 6 nitrogen and oxygen atoms in total. The second-order valence-corrected chi connectivity index (χ2v) is 6.83. The number of carbonyl (C=O) groups excluding carboxylic acids is 1. The first-order valence-electron chi connectivity index (χ1n) is 8.06. The fourth-order valence-corrected chi connectivity index (χ4v) is 3.68. The Labute approximate surface area is 149 Å². The van der Waals surface area contributed by atoms with Crippen LogP contribution >= 0.6 is 11.8 Å². The van der Waals surface area contributed by atoms with Crippen LogP contribution in [0.25, 0.3) is 11.3 Å². The zero-order valence-electron chi connectivity index (χ0n) is 13.7. The molecule has 0 amide bonds. The van der Waals surface area contributed by atoms with Crippen molar-refractivity contribution in [3.05, 3.63) is 47.7 Å². The summed E-state index contributed by atoms with van der Waals surface area (Å²) in [5.41, 5.74) is 1.25. The fourth-order valence-electron chi connectivity index (χ4n) is 2.50. The Morgan fingerprint density at radius 2 is 2.20 bits per heavy atom. The normalized spacial score (nSPS) is 19.7. The quantitative estimate of drug-likeness (QED) is 0.763. The van der Waals surface area contributed by atoms with E-state index in [9.17, 15) is 9.59 Å². The molecule has 1 aliphatic rings. The molecule has 132 valence electrons. The maximum atomic E-state index is 12.0. The summed E-state index contributed by atoms with van der Waals surface area (Å²) < 4.78 is 11.0. The van der Waals surface area contributed by atoms with E-state index in [0.29, 0.717) is 29.4 Å². The molecule has 2 heterocycles. The van der Waals surface area contributed by atoms with E-state index in [1.807, 2.05) is 25.1 Å². The third kappa shape index (κ3) is 4.05. The highest BCUT2D eigenvalue weighted by atomic mass is 32.2. The first kappa shape index (κ1) is 17.6. The number of thioether (sulfide) groups is 1. The van der Waals surface area contributed by atoms with E-state index in [-0.39, 0.29) is 11.3 Å². The summed E-state index contributed by atoms with van der Waals surface area (Å²) >= 11 is 1.50. The van der Waals surface area contributed by atoms with Crippen LogP contribution < -0.4 is 5.32 Å². The molecule has 0 bridgehead atoms. The maximum Gasteiger partial charge on any atom is 0.338 e. The Kier molecular flexibility index (Phi) is 5.45. The van der Waals surface area contributed by atoms with Crippen LogP contribution in [-0.4, -0.2) is 35.4 Å². The second-order valence-electron chi connectivity index (χ2n) is 5.69. The standard InChI is InChI=1S/C18H19NO5S/c1-2-8-23-18(22)12-5-3-4-11(9-12)14-6-7-15(24-14)16-19-13(10-25-16)17(20)21/h3-7,9,13,16,19H,2,8,10H2,1H3,(H,20,21). The first-order chi connectivity index (χ1) is 12.1. The lowest BCUT2D eigenvalue weighted by atomic mass is 10.1. The summed E-state index contributed by atoms with van der Waals surface area (Å²) in [5, 5.41) is 11.9. The summed E-state index contributed by atoms with van der Waals surface area (Å²) in [6.07, 6.45) is 0.774. The molecule has 2 unspecified atom stereocenters. The molecule has 25 heavy (non-hydrogen) atoms. The number of carboxylic acid groups (broad SMARTS) is 1. The van der Waals surface area contributed by atoms with Crippen LogP contribution in [0.5, 0.6) is 0 Å². The number of carbonyl (C=O) groups is 2. The van der Waals surface area contributed by atoms with Crippen molar-refractivity contribution in [2.75, 3.05) is 12.4 Å². The van der Waals surface area contributed by atoms with E-state index in [4.69, 9.17) is 14.3 Å². The first-order valence-corrected chi connectivity index (χ1v) is 9.11. The van der Waals surface area contributed by atoms with Gasteiger partial charge in [0.2, 0.25) is 0 Å². The molecule has 1 aromatic heterocycles. The van der Waals surface area contributed by atoms with Gasteiger partial charge < -0.3 is 14.3 Å². The van der Waals surface area contributed by atoms with E-state index < -0.39 is 12.0 Å². The molecule has 2 N–H and O–H groups in total. The highest BCUT2D eigenvalue weighted by Gasteiger charge is 2.32. The molecule has 0 saturated carbocycles. The number of aliphatic carboxylic acids is 1. The van der Waals surface area contributed by atoms with Crippen LogP contribution in [0.3, 0.4) is 0 Å². The number of carboxylic acids is 1. The molecule has 7 heteroatoms. The van der Waals surface area contributed by atoms with E-state index in [2.05, 4.69) is 5.32 Å². The minimum Gasteiger partial charge on any atom is -0.480 e.